The third-order valence-electron chi connectivity index (χ3n) is 2.79. The summed E-state index contributed by atoms with van der Waals surface area (Å²) >= 11 is 0. The summed E-state index contributed by atoms with van der Waals surface area (Å²) in [5.41, 5.74) is 1.30. The van der Waals surface area contributed by atoms with Gasteiger partial charge in [0.1, 0.15) is 17.2 Å². The molecule has 90 valence electrons. The minimum atomic E-state index is -0.862. The van der Waals surface area contributed by atoms with E-state index >= 15 is 0 Å². The number of benzene rings is 1. The number of nitrogens with zero attached hydrogens (tertiary/aromatic N) is 2. The molecule has 0 amide bonds. The van der Waals surface area contributed by atoms with Crippen LogP contribution >= 0.6 is 0 Å². The van der Waals surface area contributed by atoms with Crippen LogP contribution < -0.4 is 0 Å². The molecule has 0 radical (unpaired) electrons. The first-order valence-corrected chi connectivity index (χ1v) is 5.70. The van der Waals surface area contributed by atoms with Gasteiger partial charge in [-0.3, -0.25) is 0 Å². The van der Waals surface area contributed by atoms with Gasteiger partial charge in [-0.05, 0) is 25.1 Å². The number of aromatic nitrogens is 2. The third-order valence-corrected chi connectivity index (χ3v) is 2.79. The minimum Gasteiger partial charge on any atom is -0.458 e. The highest BCUT2D eigenvalue weighted by atomic mass is 16.4. The van der Waals surface area contributed by atoms with E-state index in [0.29, 0.717) is 17.3 Å². The molecule has 0 saturated carbocycles. The fourth-order valence-corrected chi connectivity index (χ4v) is 1.91. The SMILES string of the molecule is Cc1nccc(C(O)c2cc3ccccc3o2)n1. The second kappa shape index (κ2) is 4.23. The molecule has 0 aliphatic heterocycles. The Morgan fingerprint density at radius 2 is 2.06 bits per heavy atom. The van der Waals surface area contributed by atoms with Gasteiger partial charge in [-0.1, -0.05) is 18.2 Å². The second-order valence-corrected chi connectivity index (χ2v) is 4.12. The summed E-state index contributed by atoms with van der Waals surface area (Å²) in [4.78, 5) is 8.20. The number of furan rings is 1. The predicted molar refractivity (Wildman–Crippen MR) is 67.0 cm³/mol. The van der Waals surface area contributed by atoms with Gasteiger partial charge in [0.15, 0.2) is 6.10 Å². The van der Waals surface area contributed by atoms with E-state index in [0.717, 1.165) is 11.0 Å². The number of fused-ring (bicyclic) bond motifs is 1. The molecular formula is C14H12N2O2. The van der Waals surface area contributed by atoms with Gasteiger partial charge in [0.25, 0.3) is 0 Å². The van der Waals surface area contributed by atoms with Crippen molar-refractivity contribution in [2.75, 3.05) is 0 Å². The van der Waals surface area contributed by atoms with Crippen molar-refractivity contribution < 1.29 is 9.52 Å². The average Bonchev–Trinajstić information content (AvgIpc) is 2.81. The predicted octanol–water partition coefficient (Wildman–Crippen LogP) is 2.61. The van der Waals surface area contributed by atoms with Gasteiger partial charge in [0.05, 0.1) is 5.69 Å². The Morgan fingerprint density at radius 3 is 2.83 bits per heavy atom. The third kappa shape index (κ3) is 1.87. The number of rotatable bonds is 2. The Kier molecular flexibility index (Phi) is 2.57. The van der Waals surface area contributed by atoms with Crippen molar-refractivity contribution in [1.82, 2.24) is 9.97 Å². The molecule has 1 atom stereocenters. The standard InChI is InChI=1S/C14H12N2O2/c1-9-15-7-6-11(16-9)14(17)13-8-10-4-2-3-5-12(10)18-13/h2-8,14,17H,1H3. The fourth-order valence-electron chi connectivity index (χ4n) is 1.91. The van der Waals surface area contributed by atoms with E-state index in [9.17, 15) is 5.11 Å². The summed E-state index contributed by atoms with van der Waals surface area (Å²) < 4.78 is 5.61. The Bertz CT molecular complexity index is 658. The lowest BCUT2D eigenvalue weighted by Crippen LogP contribution is -2.02. The first-order chi connectivity index (χ1) is 8.74. The quantitative estimate of drug-likeness (QED) is 0.748. The van der Waals surface area contributed by atoms with Gasteiger partial charge in [0.2, 0.25) is 0 Å². The lowest BCUT2D eigenvalue weighted by atomic mass is 10.2. The molecule has 0 bridgehead atoms. The normalized spacial score (nSPS) is 12.8. The molecule has 0 aliphatic carbocycles. The van der Waals surface area contributed by atoms with Crippen LogP contribution in [0.15, 0.2) is 47.0 Å². The van der Waals surface area contributed by atoms with Gasteiger partial charge < -0.3 is 9.52 Å². The van der Waals surface area contributed by atoms with Gasteiger partial charge >= 0.3 is 0 Å². The molecule has 0 fully saturated rings. The topological polar surface area (TPSA) is 59.2 Å². The molecular weight excluding hydrogens is 228 g/mol. The molecule has 1 unspecified atom stereocenters. The summed E-state index contributed by atoms with van der Waals surface area (Å²) in [6.45, 7) is 1.79. The van der Waals surface area contributed by atoms with Crippen LogP contribution in [0, 0.1) is 6.92 Å². The Hall–Kier alpha value is -2.20. The monoisotopic (exact) mass is 240 g/mol. The zero-order valence-corrected chi connectivity index (χ0v) is 9.87. The molecule has 0 spiro atoms. The number of aliphatic hydroxyl groups excluding tert-OH is 1. The summed E-state index contributed by atoms with van der Waals surface area (Å²) in [6, 6.07) is 11.2. The van der Waals surface area contributed by atoms with Crippen LogP contribution in [0.1, 0.15) is 23.4 Å². The highest BCUT2D eigenvalue weighted by Crippen LogP contribution is 2.26. The molecule has 2 aromatic heterocycles. The average molecular weight is 240 g/mol. The van der Waals surface area contributed by atoms with Crippen molar-refractivity contribution in [2.24, 2.45) is 0 Å². The van der Waals surface area contributed by atoms with Gasteiger partial charge in [-0.2, -0.15) is 0 Å². The smallest absolute Gasteiger partial charge is 0.154 e. The Morgan fingerprint density at radius 1 is 1.22 bits per heavy atom. The molecule has 0 saturated heterocycles. The number of para-hydroxylation sites is 1. The van der Waals surface area contributed by atoms with Crippen molar-refractivity contribution in [1.29, 1.82) is 0 Å². The van der Waals surface area contributed by atoms with E-state index in [-0.39, 0.29) is 0 Å². The van der Waals surface area contributed by atoms with E-state index in [2.05, 4.69) is 9.97 Å². The van der Waals surface area contributed by atoms with Crippen molar-refractivity contribution in [3.63, 3.8) is 0 Å². The molecule has 3 rings (SSSR count). The van der Waals surface area contributed by atoms with E-state index in [1.54, 1.807) is 19.2 Å². The van der Waals surface area contributed by atoms with Crippen LogP contribution in [0.5, 0.6) is 0 Å². The largest absolute Gasteiger partial charge is 0.458 e. The fraction of sp³-hybridized carbons (Fsp3) is 0.143. The molecule has 18 heavy (non-hydrogen) atoms. The lowest BCUT2D eigenvalue weighted by Gasteiger charge is -2.06. The van der Waals surface area contributed by atoms with Gasteiger partial charge in [-0.15, -0.1) is 0 Å². The van der Waals surface area contributed by atoms with Crippen molar-refractivity contribution in [3.05, 3.63) is 59.9 Å². The van der Waals surface area contributed by atoms with Crippen molar-refractivity contribution >= 4 is 11.0 Å². The van der Waals surface area contributed by atoms with Crippen molar-refractivity contribution in [3.8, 4) is 0 Å². The summed E-state index contributed by atoms with van der Waals surface area (Å²) in [5.74, 6) is 1.12. The maximum atomic E-state index is 10.2. The lowest BCUT2D eigenvalue weighted by molar-refractivity contribution is 0.187. The van der Waals surface area contributed by atoms with E-state index in [4.69, 9.17) is 4.42 Å². The molecule has 4 nitrogen and oxygen atoms in total. The minimum absolute atomic E-state index is 0.495. The molecule has 4 heteroatoms. The van der Waals surface area contributed by atoms with Crippen LogP contribution in [0.2, 0.25) is 0 Å². The maximum Gasteiger partial charge on any atom is 0.154 e. The number of hydrogen-bond acceptors (Lipinski definition) is 4. The van der Waals surface area contributed by atoms with Crippen molar-refractivity contribution in [2.45, 2.75) is 13.0 Å². The summed E-state index contributed by atoms with van der Waals surface area (Å²) in [7, 11) is 0. The van der Waals surface area contributed by atoms with E-state index < -0.39 is 6.10 Å². The van der Waals surface area contributed by atoms with Crippen LogP contribution in [0.25, 0.3) is 11.0 Å². The number of aliphatic hydroxyl groups is 1. The molecule has 2 heterocycles. The number of hydrogen-bond donors (Lipinski definition) is 1. The van der Waals surface area contributed by atoms with Crippen LogP contribution in [0.3, 0.4) is 0 Å². The zero-order chi connectivity index (χ0) is 12.5. The van der Waals surface area contributed by atoms with Gasteiger partial charge in [-0.25, -0.2) is 9.97 Å². The molecule has 1 N–H and O–H groups in total. The first kappa shape index (κ1) is 10.9. The number of aryl methyl sites for hydroxylation is 1. The highest BCUT2D eigenvalue weighted by molar-refractivity contribution is 5.77. The van der Waals surface area contributed by atoms with Gasteiger partial charge in [0, 0.05) is 11.6 Å². The molecule has 1 aromatic carbocycles. The Labute approximate surface area is 104 Å². The highest BCUT2D eigenvalue weighted by Gasteiger charge is 2.16. The second-order valence-electron chi connectivity index (χ2n) is 4.12. The van der Waals surface area contributed by atoms with E-state index in [1.165, 1.54) is 0 Å². The van der Waals surface area contributed by atoms with Crippen LogP contribution in [0.4, 0.5) is 0 Å². The summed E-state index contributed by atoms with van der Waals surface area (Å²) in [6.07, 6.45) is 0.767. The van der Waals surface area contributed by atoms with Crippen LogP contribution in [-0.4, -0.2) is 15.1 Å². The maximum absolute atomic E-state index is 10.2. The first-order valence-electron chi connectivity index (χ1n) is 5.70. The molecule has 0 aliphatic rings. The van der Waals surface area contributed by atoms with Crippen LogP contribution in [-0.2, 0) is 0 Å². The zero-order valence-electron chi connectivity index (χ0n) is 9.87. The molecule has 3 aromatic rings. The summed E-state index contributed by atoms with van der Waals surface area (Å²) in [5, 5.41) is 11.2. The Balaban J connectivity index is 2.03. The van der Waals surface area contributed by atoms with E-state index in [1.807, 2.05) is 30.3 Å².